The first kappa shape index (κ1) is 21.1. The molecule has 0 amide bonds. The van der Waals surface area contributed by atoms with Crippen molar-refractivity contribution in [3.8, 4) is 11.1 Å². The van der Waals surface area contributed by atoms with Gasteiger partial charge in [-0.15, -0.1) is 0 Å². The molecule has 27 heavy (non-hydrogen) atoms. The van der Waals surface area contributed by atoms with Gasteiger partial charge in [0.25, 0.3) is 0 Å². The van der Waals surface area contributed by atoms with Crippen molar-refractivity contribution >= 4 is 19.8 Å². The van der Waals surface area contributed by atoms with Gasteiger partial charge in [-0.25, -0.2) is 0 Å². The van der Waals surface area contributed by atoms with Gasteiger partial charge in [-0.3, -0.25) is 9.59 Å². The summed E-state index contributed by atoms with van der Waals surface area (Å²) in [4.78, 5) is 25.1. The van der Waals surface area contributed by atoms with Gasteiger partial charge in [0.05, 0.1) is 6.61 Å². The highest BCUT2D eigenvalue weighted by atomic mass is 28.3. The Morgan fingerprint density at radius 1 is 0.889 bits per heavy atom. The molecule has 0 unspecified atom stereocenters. The lowest BCUT2D eigenvalue weighted by Gasteiger charge is -2.23. The predicted molar refractivity (Wildman–Crippen MR) is 113 cm³/mol. The standard InChI is InChI=1S/C23H30O3Si/c1-23(2,22(25)26-15-16-27(3,4)5)21(24)17-18-11-13-20(14-12-18)19-9-7-6-8-10-19/h6-14H,15-17H2,1-5H3. The molecule has 0 fully saturated rings. The van der Waals surface area contributed by atoms with Gasteiger partial charge in [0.2, 0.25) is 0 Å². The Labute approximate surface area is 163 Å². The lowest BCUT2D eigenvalue weighted by atomic mass is 9.84. The van der Waals surface area contributed by atoms with Gasteiger partial charge < -0.3 is 4.74 Å². The van der Waals surface area contributed by atoms with Crippen molar-refractivity contribution in [2.75, 3.05) is 6.61 Å². The average Bonchev–Trinajstić information content (AvgIpc) is 2.62. The van der Waals surface area contributed by atoms with Crippen molar-refractivity contribution < 1.29 is 14.3 Å². The second-order valence-corrected chi connectivity index (χ2v) is 14.4. The first-order chi connectivity index (χ1) is 12.6. The maximum absolute atomic E-state index is 12.7. The molecule has 144 valence electrons. The molecule has 0 atom stereocenters. The van der Waals surface area contributed by atoms with Crippen LogP contribution < -0.4 is 0 Å². The van der Waals surface area contributed by atoms with Crippen LogP contribution in [-0.4, -0.2) is 26.4 Å². The van der Waals surface area contributed by atoms with E-state index in [0.29, 0.717) is 6.61 Å². The van der Waals surface area contributed by atoms with Gasteiger partial charge in [0, 0.05) is 14.5 Å². The molecule has 3 nitrogen and oxygen atoms in total. The molecule has 2 aromatic rings. The highest BCUT2D eigenvalue weighted by Gasteiger charge is 2.37. The smallest absolute Gasteiger partial charge is 0.319 e. The fourth-order valence-electron chi connectivity index (χ4n) is 2.60. The normalized spacial score (nSPS) is 11.9. The number of hydrogen-bond acceptors (Lipinski definition) is 3. The second-order valence-electron chi connectivity index (χ2n) is 8.73. The van der Waals surface area contributed by atoms with Gasteiger partial charge in [-0.1, -0.05) is 74.2 Å². The Balaban J connectivity index is 1.97. The van der Waals surface area contributed by atoms with Crippen LogP contribution >= 0.6 is 0 Å². The van der Waals surface area contributed by atoms with Crippen LogP contribution in [0.15, 0.2) is 54.6 Å². The van der Waals surface area contributed by atoms with E-state index >= 15 is 0 Å². The SMILES string of the molecule is CC(C)(C(=O)Cc1ccc(-c2ccccc2)cc1)C(=O)OCC[Si](C)(C)C. The maximum atomic E-state index is 12.7. The summed E-state index contributed by atoms with van der Waals surface area (Å²) in [7, 11) is -1.27. The summed E-state index contributed by atoms with van der Waals surface area (Å²) in [5.74, 6) is -0.542. The molecule has 0 aliphatic rings. The molecule has 0 saturated carbocycles. The lowest BCUT2D eigenvalue weighted by Crippen LogP contribution is -2.37. The van der Waals surface area contributed by atoms with Crippen LogP contribution in [0.5, 0.6) is 0 Å². The highest BCUT2D eigenvalue weighted by molar-refractivity contribution is 6.76. The number of ether oxygens (including phenoxy) is 1. The average molecular weight is 383 g/mol. The van der Waals surface area contributed by atoms with Crippen LogP contribution in [0, 0.1) is 5.41 Å². The van der Waals surface area contributed by atoms with Crippen LogP contribution in [0.1, 0.15) is 19.4 Å². The molecule has 0 N–H and O–H groups in total. The highest BCUT2D eigenvalue weighted by Crippen LogP contribution is 2.24. The van der Waals surface area contributed by atoms with E-state index in [4.69, 9.17) is 4.74 Å². The first-order valence-corrected chi connectivity index (χ1v) is 13.2. The van der Waals surface area contributed by atoms with Crippen molar-refractivity contribution in [2.24, 2.45) is 5.41 Å². The van der Waals surface area contributed by atoms with Crippen LogP contribution in [0.2, 0.25) is 25.7 Å². The third-order valence-electron chi connectivity index (χ3n) is 4.72. The number of rotatable bonds is 8. The predicted octanol–water partition coefficient (Wildman–Crippen LogP) is 5.37. The molecular formula is C23H30O3Si. The molecule has 0 aliphatic carbocycles. The molecule has 0 heterocycles. The van der Waals surface area contributed by atoms with Crippen LogP contribution in [0.4, 0.5) is 0 Å². The van der Waals surface area contributed by atoms with E-state index in [1.165, 1.54) is 0 Å². The van der Waals surface area contributed by atoms with E-state index in [9.17, 15) is 9.59 Å². The first-order valence-electron chi connectivity index (χ1n) is 9.44. The Hall–Kier alpha value is -2.20. The summed E-state index contributed by atoms with van der Waals surface area (Å²) in [6, 6.07) is 18.9. The Morgan fingerprint density at radius 2 is 1.44 bits per heavy atom. The van der Waals surface area contributed by atoms with Gasteiger partial charge in [0.1, 0.15) is 5.41 Å². The Morgan fingerprint density at radius 3 is 2.00 bits per heavy atom. The van der Waals surface area contributed by atoms with Gasteiger partial charge >= 0.3 is 5.97 Å². The third kappa shape index (κ3) is 6.17. The second kappa shape index (κ2) is 8.66. The van der Waals surface area contributed by atoms with Crippen molar-refractivity contribution in [3.05, 3.63) is 60.2 Å². The largest absolute Gasteiger partial charge is 0.465 e. The fourth-order valence-corrected chi connectivity index (χ4v) is 3.31. The summed E-state index contributed by atoms with van der Waals surface area (Å²) in [5, 5.41) is 0. The summed E-state index contributed by atoms with van der Waals surface area (Å²) in [6.45, 7) is 10.4. The molecule has 0 aliphatic heterocycles. The zero-order valence-corrected chi connectivity index (χ0v) is 18.0. The number of ketones is 1. The molecule has 2 rings (SSSR count). The van der Waals surface area contributed by atoms with E-state index in [1.807, 2.05) is 42.5 Å². The number of benzene rings is 2. The van der Waals surface area contributed by atoms with Gasteiger partial charge in [-0.2, -0.15) is 0 Å². The molecule has 0 bridgehead atoms. The van der Waals surface area contributed by atoms with E-state index in [1.54, 1.807) is 13.8 Å². The quantitative estimate of drug-likeness (QED) is 0.350. The summed E-state index contributed by atoms with van der Waals surface area (Å²) < 4.78 is 5.39. The van der Waals surface area contributed by atoms with E-state index < -0.39 is 19.5 Å². The molecule has 0 aromatic heterocycles. The van der Waals surface area contributed by atoms with Crippen LogP contribution in [0.3, 0.4) is 0 Å². The minimum atomic E-state index is -1.27. The minimum Gasteiger partial charge on any atom is -0.465 e. The topological polar surface area (TPSA) is 43.4 Å². The van der Waals surface area contributed by atoms with Crippen LogP contribution in [-0.2, 0) is 20.7 Å². The molecule has 0 spiro atoms. The van der Waals surface area contributed by atoms with E-state index in [2.05, 4.69) is 31.8 Å². The summed E-state index contributed by atoms with van der Waals surface area (Å²) >= 11 is 0. The van der Waals surface area contributed by atoms with Gasteiger partial charge in [-0.05, 0) is 36.6 Å². The Kier molecular flexibility index (Phi) is 6.77. The molecule has 0 radical (unpaired) electrons. The van der Waals surface area contributed by atoms with Crippen molar-refractivity contribution in [1.29, 1.82) is 0 Å². The molecule has 0 saturated heterocycles. The summed E-state index contributed by atoms with van der Waals surface area (Å²) in [6.07, 6.45) is 0.227. The number of hydrogen-bond donors (Lipinski definition) is 0. The summed E-state index contributed by atoms with van der Waals surface area (Å²) in [5.41, 5.74) is 2.03. The number of carbonyl (C=O) groups excluding carboxylic acids is 2. The van der Waals surface area contributed by atoms with E-state index in [-0.39, 0.29) is 12.2 Å². The zero-order chi connectivity index (χ0) is 20.1. The third-order valence-corrected chi connectivity index (χ3v) is 6.42. The zero-order valence-electron chi connectivity index (χ0n) is 17.0. The lowest BCUT2D eigenvalue weighted by molar-refractivity contribution is -0.157. The monoisotopic (exact) mass is 382 g/mol. The number of carbonyl (C=O) groups is 2. The minimum absolute atomic E-state index is 0.118. The molecular weight excluding hydrogens is 352 g/mol. The number of Topliss-reactive ketones (excluding diaryl/α,β-unsaturated/α-hetero) is 1. The fraction of sp³-hybridized carbons (Fsp3) is 0.391. The van der Waals surface area contributed by atoms with Crippen molar-refractivity contribution in [3.63, 3.8) is 0 Å². The van der Waals surface area contributed by atoms with Crippen molar-refractivity contribution in [1.82, 2.24) is 0 Å². The van der Waals surface area contributed by atoms with Gasteiger partial charge in [0.15, 0.2) is 5.78 Å². The Bertz CT molecular complexity index is 772. The van der Waals surface area contributed by atoms with Crippen LogP contribution in [0.25, 0.3) is 11.1 Å². The molecule has 2 aromatic carbocycles. The molecule has 4 heteroatoms. The van der Waals surface area contributed by atoms with E-state index in [0.717, 1.165) is 22.7 Å². The van der Waals surface area contributed by atoms with Crippen molar-refractivity contribution in [2.45, 2.75) is 46.0 Å². The maximum Gasteiger partial charge on any atom is 0.319 e. The number of esters is 1.